The van der Waals surface area contributed by atoms with Gasteiger partial charge in [0.2, 0.25) is 0 Å². The van der Waals surface area contributed by atoms with Gasteiger partial charge in [-0.15, -0.1) is 0 Å². The van der Waals surface area contributed by atoms with E-state index in [-0.39, 0.29) is 0 Å². The smallest absolute Gasteiger partial charge is 0.0385 e. The minimum atomic E-state index is 0.570. The first-order chi connectivity index (χ1) is 5.72. The van der Waals surface area contributed by atoms with Gasteiger partial charge in [-0.25, -0.2) is 0 Å². The Morgan fingerprint density at radius 1 is 1.58 bits per heavy atom. The van der Waals surface area contributed by atoms with Crippen molar-refractivity contribution in [2.24, 2.45) is 5.11 Å². The fourth-order valence-corrected chi connectivity index (χ4v) is 1.11. The summed E-state index contributed by atoms with van der Waals surface area (Å²) < 4.78 is 0. The van der Waals surface area contributed by atoms with E-state index in [1.807, 2.05) is 0 Å². The lowest BCUT2D eigenvalue weighted by atomic mass is 10.2. The molecule has 0 aromatic heterocycles. The van der Waals surface area contributed by atoms with Crippen LogP contribution < -0.4 is 0 Å². The van der Waals surface area contributed by atoms with Crippen molar-refractivity contribution < 1.29 is 0 Å². The molecule has 0 aromatic carbocycles. The Morgan fingerprint density at radius 3 is 2.75 bits per heavy atom. The van der Waals surface area contributed by atoms with E-state index in [4.69, 9.17) is 5.53 Å². The van der Waals surface area contributed by atoms with Gasteiger partial charge in [0, 0.05) is 24.0 Å². The van der Waals surface area contributed by atoms with E-state index in [1.165, 1.54) is 12.8 Å². The summed E-state index contributed by atoms with van der Waals surface area (Å²) in [5.74, 6) is 0. The Morgan fingerprint density at radius 2 is 2.25 bits per heavy atom. The molecule has 0 fully saturated rings. The molecule has 0 aliphatic rings. The van der Waals surface area contributed by atoms with Gasteiger partial charge >= 0.3 is 0 Å². The van der Waals surface area contributed by atoms with E-state index < -0.39 is 0 Å². The largest absolute Gasteiger partial charge is 0.304 e. The molecule has 1 unspecified atom stereocenters. The summed E-state index contributed by atoms with van der Waals surface area (Å²) in [5.41, 5.74) is 8.06. The first-order valence-corrected chi connectivity index (χ1v) is 4.43. The monoisotopic (exact) mass is 170 g/mol. The van der Waals surface area contributed by atoms with E-state index >= 15 is 0 Å². The van der Waals surface area contributed by atoms with Gasteiger partial charge in [-0.1, -0.05) is 18.5 Å². The van der Waals surface area contributed by atoms with Crippen molar-refractivity contribution in [2.45, 2.75) is 32.7 Å². The van der Waals surface area contributed by atoms with Gasteiger partial charge in [0.15, 0.2) is 0 Å². The van der Waals surface area contributed by atoms with Crippen LogP contribution in [0.1, 0.15) is 26.7 Å². The number of hydrogen-bond donors (Lipinski definition) is 0. The fourth-order valence-electron chi connectivity index (χ4n) is 1.11. The van der Waals surface area contributed by atoms with Gasteiger partial charge in [-0.05, 0) is 25.9 Å². The van der Waals surface area contributed by atoms with Crippen LogP contribution in [0.25, 0.3) is 10.4 Å². The third kappa shape index (κ3) is 4.99. The lowest BCUT2D eigenvalue weighted by molar-refractivity contribution is 0.251. The van der Waals surface area contributed by atoms with Gasteiger partial charge < -0.3 is 4.90 Å². The molecule has 0 aromatic rings. The summed E-state index contributed by atoms with van der Waals surface area (Å²) in [6.07, 6.45) is 2.40. The van der Waals surface area contributed by atoms with Gasteiger partial charge in [0.25, 0.3) is 0 Å². The van der Waals surface area contributed by atoms with Crippen LogP contribution in [0.4, 0.5) is 0 Å². The SMILES string of the molecule is CCCC(C)N(C)CCN=[N+]=[N-]. The zero-order valence-electron chi connectivity index (χ0n) is 8.19. The van der Waals surface area contributed by atoms with Crippen molar-refractivity contribution in [3.05, 3.63) is 10.4 Å². The highest BCUT2D eigenvalue weighted by atomic mass is 15.2. The minimum Gasteiger partial charge on any atom is -0.304 e. The van der Waals surface area contributed by atoms with Crippen molar-refractivity contribution in [1.29, 1.82) is 0 Å². The molecule has 70 valence electrons. The molecule has 0 saturated heterocycles. The second kappa shape index (κ2) is 6.95. The van der Waals surface area contributed by atoms with Crippen molar-refractivity contribution in [1.82, 2.24) is 4.90 Å². The molecule has 0 aliphatic carbocycles. The van der Waals surface area contributed by atoms with Crippen LogP contribution in [0.5, 0.6) is 0 Å². The van der Waals surface area contributed by atoms with Crippen LogP contribution in [0.3, 0.4) is 0 Å². The molecule has 0 N–H and O–H groups in total. The maximum Gasteiger partial charge on any atom is 0.0385 e. The van der Waals surface area contributed by atoms with Gasteiger partial charge in [0.05, 0.1) is 0 Å². The molecule has 0 heterocycles. The Kier molecular flexibility index (Phi) is 6.53. The Hall–Kier alpha value is -0.730. The summed E-state index contributed by atoms with van der Waals surface area (Å²) in [7, 11) is 2.06. The highest BCUT2D eigenvalue weighted by Gasteiger charge is 2.05. The van der Waals surface area contributed by atoms with Crippen LogP contribution in [-0.2, 0) is 0 Å². The average molecular weight is 170 g/mol. The lowest BCUT2D eigenvalue weighted by Gasteiger charge is -2.23. The predicted octanol–water partition coefficient (Wildman–Crippen LogP) is 2.42. The molecule has 0 radical (unpaired) electrons. The van der Waals surface area contributed by atoms with Gasteiger partial charge in [-0.2, -0.15) is 0 Å². The zero-order chi connectivity index (χ0) is 9.40. The normalized spacial score (nSPS) is 12.7. The maximum absolute atomic E-state index is 8.06. The summed E-state index contributed by atoms with van der Waals surface area (Å²) in [6, 6.07) is 0.587. The van der Waals surface area contributed by atoms with Gasteiger partial charge in [-0.3, -0.25) is 0 Å². The average Bonchev–Trinajstić information content (AvgIpc) is 2.05. The van der Waals surface area contributed by atoms with Crippen LogP contribution in [0.15, 0.2) is 5.11 Å². The molecular weight excluding hydrogens is 152 g/mol. The molecule has 0 aliphatic heterocycles. The third-order valence-corrected chi connectivity index (χ3v) is 2.07. The number of nitrogens with zero attached hydrogens (tertiary/aromatic N) is 4. The number of likely N-dealkylation sites (N-methyl/N-ethyl adjacent to an activating group) is 1. The molecule has 0 saturated carbocycles. The van der Waals surface area contributed by atoms with E-state index in [9.17, 15) is 0 Å². The molecule has 12 heavy (non-hydrogen) atoms. The zero-order valence-corrected chi connectivity index (χ0v) is 8.19. The standard InChI is InChI=1S/C8H18N4/c1-4-5-8(2)12(3)7-6-10-11-9/h8H,4-7H2,1-3H3. The molecule has 4 heteroatoms. The second-order valence-electron chi connectivity index (χ2n) is 3.07. The quantitative estimate of drug-likeness (QED) is 0.343. The van der Waals surface area contributed by atoms with Crippen molar-refractivity contribution in [3.63, 3.8) is 0 Å². The topological polar surface area (TPSA) is 52.0 Å². The van der Waals surface area contributed by atoms with Crippen LogP contribution in [0.2, 0.25) is 0 Å². The van der Waals surface area contributed by atoms with E-state index in [1.54, 1.807) is 0 Å². The number of rotatable bonds is 6. The summed E-state index contributed by atoms with van der Waals surface area (Å²) in [4.78, 5) is 4.93. The summed E-state index contributed by atoms with van der Waals surface area (Å²) >= 11 is 0. The van der Waals surface area contributed by atoms with E-state index in [0.29, 0.717) is 12.6 Å². The predicted molar refractivity (Wildman–Crippen MR) is 51.0 cm³/mol. The highest BCUT2D eigenvalue weighted by molar-refractivity contribution is 4.63. The summed E-state index contributed by atoms with van der Waals surface area (Å²) in [6.45, 7) is 5.80. The summed E-state index contributed by atoms with van der Waals surface area (Å²) in [5, 5.41) is 3.49. The van der Waals surface area contributed by atoms with Crippen molar-refractivity contribution in [3.8, 4) is 0 Å². The number of hydrogen-bond acceptors (Lipinski definition) is 2. The Bertz CT molecular complexity index is 151. The molecular formula is C8H18N4. The van der Waals surface area contributed by atoms with Crippen molar-refractivity contribution in [2.75, 3.05) is 20.1 Å². The Balaban J connectivity index is 3.55. The van der Waals surface area contributed by atoms with E-state index in [0.717, 1.165) is 6.54 Å². The Labute approximate surface area is 74.2 Å². The lowest BCUT2D eigenvalue weighted by Crippen LogP contribution is -2.30. The fraction of sp³-hybridized carbons (Fsp3) is 1.00. The van der Waals surface area contributed by atoms with Crippen LogP contribution >= 0.6 is 0 Å². The second-order valence-corrected chi connectivity index (χ2v) is 3.07. The molecule has 4 nitrogen and oxygen atoms in total. The van der Waals surface area contributed by atoms with Gasteiger partial charge in [0.1, 0.15) is 0 Å². The molecule has 0 amide bonds. The maximum atomic E-state index is 8.06. The van der Waals surface area contributed by atoms with Crippen LogP contribution in [0, 0.1) is 0 Å². The third-order valence-electron chi connectivity index (χ3n) is 2.07. The first kappa shape index (κ1) is 11.3. The van der Waals surface area contributed by atoms with Crippen LogP contribution in [-0.4, -0.2) is 31.1 Å². The minimum absolute atomic E-state index is 0.570. The molecule has 0 rings (SSSR count). The molecule has 0 spiro atoms. The van der Waals surface area contributed by atoms with E-state index in [2.05, 4.69) is 35.8 Å². The highest BCUT2D eigenvalue weighted by Crippen LogP contribution is 2.02. The first-order valence-electron chi connectivity index (χ1n) is 4.43. The molecule has 0 bridgehead atoms. The van der Waals surface area contributed by atoms with Crippen molar-refractivity contribution >= 4 is 0 Å². The number of azide groups is 1. The molecule has 1 atom stereocenters.